The molecule has 1 saturated heterocycles. The predicted octanol–water partition coefficient (Wildman–Crippen LogP) is 3.78. The molecule has 1 aliphatic heterocycles. The van der Waals surface area contributed by atoms with E-state index in [0.29, 0.717) is 38.2 Å². The van der Waals surface area contributed by atoms with Gasteiger partial charge in [0.25, 0.3) is 0 Å². The largest absolute Gasteiger partial charge is 0.383 e. The van der Waals surface area contributed by atoms with Crippen LogP contribution in [0.25, 0.3) is 0 Å². The standard InChI is InChI=1S/C32H48N2O6/c1-20(2)15-25(33-31(39)27(35)14-13-22-9-7-6-8-10-22)28(36)18-24(17-23-11-12-23)30(38)34-26(16-21(3)4)29(37)32(5)19-40-32/h6-10,20-21,23-27,35H,11-19H2,1-5H3,(H,33,39)(H,34,38)/t24-,25+,26+,27+,32-/m1/s1. The maximum absolute atomic E-state index is 13.5. The van der Waals surface area contributed by atoms with Crippen molar-refractivity contribution in [3.63, 3.8) is 0 Å². The Hall–Kier alpha value is -2.58. The summed E-state index contributed by atoms with van der Waals surface area (Å²) in [7, 11) is 0. The lowest BCUT2D eigenvalue weighted by molar-refractivity contribution is -0.136. The van der Waals surface area contributed by atoms with Crippen LogP contribution in [0.4, 0.5) is 0 Å². The number of aliphatic hydroxyl groups excluding tert-OH is 1. The van der Waals surface area contributed by atoms with Crippen LogP contribution in [0.3, 0.4) is 0 Å². The van der Waals surface area contributed by atoms with Crippen LogP contribution in [0.1, 0.15) is 85.1 Å². The number of hydrogen-bond acceptors (Lipinski definition) is 6. The molecular formula is C32H48N2O6. The Balaban J connectivity index is 1.64. The molecule has 0 radical (unpaired) electrons. The van der Waals surface area contributed by atoms with Crippen molar-refractivity contribution in [1.29, 1.82) is 0 Å². The Morgan fingerprint density at radius 2 is 1.52 bits per heavy atom. The van der Waals surface area contributed by atoms with E-state index < -0.39 is 35.6 Å². The first-order valence-electron chi connectivity index (χ1n) is 14.9. The molecule has 1 saturated carbocycles. The molecule has 222 valence electrons. The molecule has 8 heteroatoms. The van der Waals surface area contributed by atoms with Gasteiger partial charge in [0.2, 0.25) is 11.8 Å². The lowest BCUT2D eigenvalue weighted by Gasteiger charge is -2.26. The lowest BCUT2D eigenvalue weighted by atomic mass is 9.88. The van der Waals surface area contributed by atoms with E-state index >= 15 is 0 Å². The van der Waals surface area contributed by atoms with Gasteiger partial charge in [0.1, 0.15) is 11.7 Å². The number of aryl methyl sites for hydroxylation is 1. The van der Waals surface area contributed by atoms with Gasteiger partial charge < -0.3 is 20.5 Å². The van der Waals surface area contributed by atoms with E-state index in [1.807, 2.05) is 58.0 Å². The van der Waals surface area contributed by atoms with Crippen molar-refractivity contribution in [2.75, 3.05) is 6.61 Å². The van der Waals surface area contributed by atoms with E-state index in [-0.39, 0.29) is 42.2 Å². The number of Topliss-reactive ketones (excluding diaryl/α,β-unsaturated/α-hetero) is 2. The number of epoxide rings is 1. The first-order valence-corrected chi connectivity index (χ1v) is 14.9. The highest BCUT2D eigenvalue weighted by atomic mass is 16.6. The fraction of sp³-hybridized carbons (Fsp3) is 0.688. The van der Waals surface area contributed by atoms with Gasteiger partial charge in [-0.05, 0) is 62.3 Å². The summed E-state index contributed by atoms with van der Waals surface area (Å²) in [5.74, 6) is -1.07. The van der Waals surface area contributed by atoms with Gasteiger partial charge in [-0.25, -0.2) is 0 Å². The topological polar surface area (TPSA) is 125 Å². The van der Waals surface area contributed by atoms with Crippen molar-refractivity contribution in [2.45, 2.75) is 110 Å². The van der Waals surface area contributed by atoms with E-state index in [1.165, 1.54) is 0 Å². The Morgan fingerprint density at radius 1 is 0.950 bits per heavy atom. The van der Waals surface area contributed by atoms with E-state index in [4.69, 9.17) is 4.74 Å². The van der Waals surface area contributed by atoms with Gasteiger partial charge in [-0.3, -0.25) is 19.2 Å². The second-order valence-electron chi connectivity index (χ2n) is 12.9. The molecule has 2 amide bonds. The van der Waals surface area contributed by atoms with E-state index in [0.717, 1.165) is 18.4 Å². The summed E-state index contributed by atoms with van der Waals surface area (Å²) < 4.78 is 5.35. The summed E-state index contributed by atoms with van der Waals surface area (Å²) in [6.07, 6.45) is 3.09. The molecule has 1 aromatic rings. The number of amides is 2. The summed E-state index contributed by atoms with van der Waals surface area (Å²) in [5.41, 5.74) is 0.178. The SMILES string of the molecule is CC(C)C[C@H](NC(=O)[C@@H](O)CCc1ccccc1)C(=O)C[C@@H](CC1CC1)C(=O)N[C@@H](CC(C)C)C(=O)[C@@]1(C)CO1. The molecule has 3 rings (SSSR count). The van der Waals surface area contributed by atoms with Crippen molar-refractivity contribution in [2.24, 2.45) is 23.7 Å². The Bertz CT molecular complexity index is 1020. The zero-order valence-electron chi connectivity index (χ0n) is 24.8. The van der Waals surface area contributed by atoms with Gasteiger partial charge in [0, 0.05) is 12.3 Å². The van der Waals surface area contributed by atoms with Gasteiger partial charge in [-0.15, -0.1) is 0 Å². The number of nitrogens with one attached hydrogen (secondary N) is 2. The second kappa shape index (κ2) is 14.4. The summed E-state index contributed by atoms with van der Waals surface area (Å²) in [6, 6.07) is 8.16. The first kappa shape index (κ1) is 31.9. The fourth-order valence-electron chi connectivity index (χ4n) is 5.13. The third-order valence-corrected chi connectivity index (χ3v) is 7.84. The maximum atomic E-state index is 13.5. The van der Waals surface area contributed by atoms with Gasteiger partial charge in [0.15, 0.2) is 11.6 Å². The Morgan fingerprint density at radius 3 is 2.08 bits per heavy atom. The molecule has 5 atom stereocenters. The summed E-state index contributed by atoms with van der Waals surface area (Å²) in [4.78, 5) is 52.9. The maximum Gasteiger partial charge on any atom is 0.249 e. The molecule has 0 bridgehead atoms. The van der Waals surface area contributed by atoms with Crippen molar-refractivity contribution in [3.05, 3.63) is 35.9 Å². The van der Waals surface area contributed by atoms with Crippen LogP contribution in [-0.4, -0.2) is 58.9 Å². The summed E-state index contributed by atoms with van der Waals surface area (Å²) in [6.45, 7) is 10.0. The normalized spacial score (nSPS) is 21.4. The van der Waals surface area contributed by atoms with Crippen molar-refractivity contribution < 1.29 is 29.0 Å². The average Bonchev–Trinajstić information content (AvgIpc) is 3.84. The molecule has 0 aromatic heterocycles. The minimum Gasteiger partial charge on any atom is -0.383 e. The van der Waals surface area contributed by atoms with Crippen LogP contribution in [0.15, 0.2) is 30.3 Å². The highest BCUT2D eigenvalue weighted by molar-refractivity contribution is 5.98. The highest BCUT2D eigenvalue weighted by Crippen LogP contribution is 2.37. The van der Waals surface area contributed by atoms with Crippen LogP contribution in [-0.2, 0) is 30.3 Å². The molecule has 1 aromatic carbocycles. The smallest absolute Gasteiger partial charge is 0.249 e. The molecule has 2 aliphatic rings. The Labute approximate surface area is 239 Å². The Kier molecular flexibility index (Phi) is 11.5. The van der Waals surface area contributed by atoms with Gasteiger partial charge >= 0.3 is 0 Å². The van der Waals surface area contributed by atoms with Crippen LogP contribution in [0.2, 0.25) is 0 Å². The number of carbonyl (C=O) groups is 4. The summed E-state index contributed by atoms with van der Waals surface area (Å²) in [5, 5.41) is 16.2. The van der Waals surface area contributed by atoms with Crippen LogP contribution >= 0.6 is 0 Å². The molecule has 3 N–H and O–H groups in total. The third-order valence-electron chi connectivity index (χ3n) is 7.84. The number of carbonyl (C=O) groups excluding carboxylic acids is 4. The minimum atomic E-state index is -1.23. The van der Waals surface area contributed by atoms with Crippen molar-refractivity contribution in [3.8, 4) is 0 Å². The molecule has 0 spiro atoms. The van der Waals surface area contributed by atoms with Crippen LogP contribution in [0, 0.1) is 23.7 Å². The molecule has 1 heterocycles. The second-order valence-corrected chi connectivity index (χ2v) is 12.9. The summed E-state index contributed by atoms with van der Waals surface area (Å²) >= 11 is 0. The monoisotopic (exact) mass is 556 g/mol. The molecule has 40 heavy (non-hydrogen) atoms. The number of rotatable bonds is 18. The van der Waals surface area contributed by atoms with Crippen LogP contribution < -0.4 is 10.6 Å². The fourth-order valence-corrected chi connectivity index (χ4v) is 5.13. The van der Waals surface area contributed by atoms with Crippen molar-refractivity contribution in [1.82, 2.24) is 10.6 Å². The lowest BCUT2D eigenvalue weighted by Crippen LogP contribution is -2.50. The molecular weight excluding hydrogens is 508 g/mol. The van der Waals surface area contributed by atoms with Crippen molar-refractivity contribution >= 4 is 23.4 Å². The number of aliphatic hydroxyl groups is 1. The van der Waals surface area contributed by atoms with Gasteiger partial charge in [-0.2, -0.15) is 0 Å². The molecule has 1 aliphatic carbocycles. The van der Waals surface area contributed by atoms with Gasteiger partial charge in [0.05, 0.1) is 18.7 Å². The quantitative estimate of drug-likeness (QED) is 0.236. The van der Waals surface area contributed by atoms with E-state index in [9.17, 15) is 24.3 Å². The first-order chi connectivity index (χ1) is 18.9. The number of ketones is 2. The minimum absolute atomic E-state index is 0.0174. The number of hydrogen-bond donors (Lipinski definition) is 3. The molecule has 8 nitrogen and oxygen atoms in total. The van der Waals surface area contributed by atoms with Gasteiger partial charge in [-0.1, -0.05) is 70.9 Å². The van der Waals surface area contributed by atoms with E-state index in [1.54, 1.807) is 6.92 Å². The highest BCUT2D eigenvalue weighted by Gasteiger charge is 2.50. The third kappa shape index (κ3) is 10.1. The zero-order valence-corrected chi connectivity index (χ0v) is 24.8. The molecule has 2 fully saturated rings. The number of benzene rings is 1. The molecule has 0 unspecified atom stereocenters. The van der Waals surface area contributed by atoms with E-state index in [2.05, 4.69) is 10.6 Å². The zero-order chi connectivity index (χ0) is 29.4. The number of ether oxygens (including phenoxy) is 1. The average molecular weight is 557 g/mol. The van der Waals surface area contributed by atoms with Crippen LogP contribution in [0.5, 0.6) is 0 Å². The predicted molar refractivity (Wildman–Crippen MR) is 153 cm³/mol.